The van der Waals surface area contributed by atoms with Crippen LogP contribution in [0.4, 0.5) is 5.82 Å². The van der Waals surface area contributed by atoms with E-state index in [1.165, 1.54) is 6.07 Å². The molecule has 0 atom stereocenters. The third-order valence-electron chi connectivity index (χ3n) is 3.84. The van der Waals surface area contributed by atoms with E-state index in [0.717, 1.165) is 33.4 Å². The number of nitrogens with zero attached hydrogens (tertiary/aromatic N) is 2. The molecule has 0 saturated carbocycles. The first-order valence-electron chi connectivity index (χ1n) is 7.52. The number of hydrogen-bond acceptors (Lipinski definition) is 4. The van der Waals surface area contributed by atoms with Crippen LogP contribution in [-0.4, -0.2) is 15.0 Å². The minimum atomic E-state index is -0.118. The van der Waals surface area contributed by atoms with Crippen LogP contribution in [0, 0.1) is 0 Å². The summed E-state index contributed by atoms with van der Waals surface area (Å²) in [5, 5.41) is 0.935. The van der Waals surface area contributed by atoms with E-state index in [9.17, 15) is 4.79 Å². The fourth-order valence-corrected chi connectivity index (χ4v) is 2.71. The molecule has 3 N–H and O–H groups in total. The van der Waals surface area contributed by atoms with E-state index in [4.69, 9.17) is 5.73 Å². The van der Waals surface area contributed by atoms with Crippen molar-refractivity contribution in [3.63, 3.8) is 0 Å². The Kier molecular flexibility index (Phi) is 3.31. The number of anilines is 1. The maximum absolute atomic E-state index is 11.4. The van der Waals surface area contributed by atoms with Crippen molar-refractivity contribution in [1.29, 1.82) is 0 Å². The van der Waals surface area contributed by atoms with E-state index in [1.54, 1.807) is 12.3 Å². The lowest BCUT2D eigenvalue weighted by Gasteiger charge is -2.10. The molecule has 0 radical (unpaired) electrons. The molecule has 0 aliphatic heterocycles. The van der Waals surface area contributed by atoms with Crippen molar-refractivity contribution in [2.75, 3.05) is 5.73 Å². The van der Waals surface area contributed by atoms with Crippen LogP contribution in [0.25, 0.3) is 33.4 Å². The van der Waals surface area contributed by atoms with E-state index < -0.39 is 0 Å². The molecule has 4 aromatic rings. The van der Waals surface area contributed by atoms with Crippen molar-refractivity contribution in [2.45, 2.75) is 0 Å². The Morgan fingerprint density at radius 3 is 2.54 bits per heavy atom. The highest BCUT2D eigenvalue weighted by Gasteiger charge is 2.12. The molecule has 0 aliphatic carbocycles. The van der Waals surface area contributed by atoms with Gasteiger partial charge in [0.1, 0.15) is 5.82 Å². The molecule has 116 valence electrons. The second-order valence-electron chi connectivity index (χ2n) is 5.48. The fourth-order valence-electron chi connectivity index (χ4n) is 2.71. The molecule has 0 unspecified atom stereocenters. The maximum Gasteiger partial charge on any atom is 0.248 e. The van der Waals surface area contributed by atoms with Gasteiger partial charge in [0.25, 0.3) is 0 Å². The molecular formula is C19H14N4O. The normalized spacial score (nSPS) is 10.8. The van der Waals surface area contributed by atoms with Crippen LogP contribution in [0.1, 0.15) is 0 Å². The predicted molar refractivity (Wildman–Crippen MR) is 95.4 cm³/mol. The summed E-state index contributed by atoms with van der Waals surface area (Å²) < 4.78 is 0. The molecule has 0 amide bonds. The van der Waals surface area contributed by atoms with Crippen LogP contribution in [0.5, 0.6) is 0 Å². The summed E-state index contributed by atoms with van der Waals surface area (Å²) >= 11 is 0. The Balaban J connectivity index is 1.94. The van der Waals surface area contributed by atoms with Crippen LogP contribution in [0.2, 0.25) is 0 Å². The number of nitrogens with two attached hydrogens (primary N) is 1. The highest BCUT2D eigenvalue weighted by molar-refractivity contribution is 5.87. The number of rotatable bonds is 2. The van der Waals surface area contributed by atoms with Gasteiger partial charge in [0.05, 0.1) is 17.6 Å². The Morgan fingerprint density at radius 1 is 0.875 bits per heavy atom. The number of fused-ring (bicyclic) bond motifs is 1. The average Bonchev–Trinajstić information content (AvgIpc) is 2.62. The van der Waals surface area contributed by atoms with Crippen molar-refractivity contribution >= 4 is 16.7 Å². The second kappa shape index (κ2) is 5.62. The summed E-state index contributed by atoms with van der Waals surface area (Å²) in [6, 6.07) is 18.9. The van der Waals surface area contributed by atoms with Gasteiger partial charge in [0.15, 0.2) is 0 Å². The first-order chi connectivity index (χ1) is 11.7. The minimum absolute atomic E-state index is 0.118. The number of benzene rings is 2. The van der Waals surface area contributed by atoms with Gasteiger partial charge in [-0.15, -0.1) is 0 Å². The summed E-state index contributed by atoms with van der Waals surface area (Å²) in [5.74, 6) is 0.378. The SMILES string of the molecule is Nc1cnc(-c2ccc3[nH]c(=O)ccc3c2)c(-c2ccccc2)n1. The van der Waals surface area contributed by atoms with Crippen molar-refractivity contribution in [1.82, 2.24) is 15.0 Å². The first kappa shape index (κ1) is 14.1. The summed E-state index contributed by atoms with van der Waals surface area (Å²) in [5.41, 5.74) is 9.87. The van der Waals surface area contributed by atoms with Gasteiger partial charge in [-0.05, 0) is 23.6 Å². The number of hydrogen-bond donors (Lipinski definition) is 2. The van der Waals surface area contributed by atoms with Crippen molar-refractivity contribution in [3.05, 3.63) is 77.2 Å². The monoisotopic (exact) mass is 314 g/mol. The van der Waals surface area contributed by atoms with Gasteiger partial charge in [-0.1, -0.05) is 36.4 Å². The third kappa shape index (κ3) is 2.52. The standard InChI is InChI=1S/C19H14N4O/c20-16-11-21-18(19(23-16)12-4-2-1-3-5-12)14-6-8-15-13(10-14)7-9-17(24)22-15/h1-11H,(H2,20,23)(H,22,24). The van der Waals surface area contributed by atoms with Gasteiger partial charge >= 0.3 is 0 Å². The van der Waals surface area contributed by atoms with Crippen LogP contribution in [-0.2, 0) is 0 Å². The van der Waals surface area contributed by atoms with Gasteiger partial charge in [-0.2, -0.15) is 0 Å². The second-order valence-corrected chi connectivity index (χ2v) is 5.48. The lowest BCUT2D eigenvalue weighted by Crippen LogP contribution is -2.02. The Labute approximate surface area is 137 Å². The number of pyridine rings is 1. The molecule has 4 rings (SSSR count). The summed E-state index contributed by atoms with van der Waals surface area (Å²) in [7, 11) is 0. The Hall–Kier alpha value is -3.47. The average molecular weight is 314 g/mol. The van der Waals surface area contributed by atoms with Gasteiger partial charge < -0.3 is 10.7 Å². The van der Waals surface area contributed by atoms with E-state index >= 15 is 0 Å². The third-order valence-corrected chi connectivity index (χ3v) is 3.84. The van der Waals surface area contributed by atoms with Crippen LogP contribution in [0.3, 0.4) is 0 Å². The van der Waals surface area contributed by atoms with E-state index in [0.29, 0.717) is 5.82 Å². The zero-order valence-electron chi connectivity index (χ0n) is 12.7. The Bertz CT molecular complexity index is 1090. The van der Waals surface area contributed by atoms with Crippen LogP contribution >= 0.6 is 0 Å². The van der Waals surface area contributed by atoms with Gasteiger partial charge in [-0.25, -0.2) is 4.98 Å². The molecule has 2 aromatic carbocycles. The molecule has 0 aliphatic rings. The summed E-state index contributed by atoms with van der Waals surface area (Å²) in [6.07, 6.45) is 1.55. The van der Waals surface area contributed by atoms with Gasteiger partial charge in [-0.3, -0.25) is 9.78 Å². The fraction of sp³-hybridized carbons (Fsp3) is 0. The number of nitrogen functional groups attached to an aromatic ring is 1. The molecular weight excluding hydrogens is 300 g/mol. The summed E-state index contributed by atoms with van der Waals surface area (Å²) in [4.78, 5) is 23.2. The number of aromatic nitrogens is 3. The maximum atomic E-state index is 11.4. The molecule has 2 heterocycles. The van der Waals surface area contributed by atoms with E-state index in [1.807, 2.05) is 48.5 Å². The quantitative estimate of drug-likeness (QED) is 0.595. The largest absolute Gasteiger partial charge is 0.382 e. The van der Waals surface area contributed by atoms with Gasteiger partial charge in [0, 0.05) is 22.7 Å². The lowest BCUT2D eigenvalue weighted by molar-refractivity contribution is 1.22. The first-order valence-corrected chi connectivity index (χ1v) is 7.52. The molecule has 0 spiro atoms. The molecule has 0 bridgehead atoms. The van der Waals surface area contributed by atoms with E-state index in [2.05, 4.69) is 15.0 Å². The van der Waals surface area contributed by atoms with Crippen LogP contribution in [0.15, 0.2) is 71.7 Å². The molecule has 2 aromatic heterocycles. The minimum Gasteiger partial charge on any atom is -0.382 e. The summed E-state index contributed by atoms with van der Waals surface area (Å²) in [6.45, 7) is 0. The smallest absolute Gasteiger partial charge is 0.248 e. The molecule has 24 heavy (non-hydrogen) atoms. The Morgan fingerprint density at radius 2 is 1.71 bits per heavy atom. The lowest BCUT2D eigenvalue weighted by atomic mass is 10.0. The predicted octanol–water partition coefficient (Wildman–Crippen LogP) is 3.23. The van der Waals surface area contributed by atoms with E-state index in [-0.39, 0.29) is 5.56 Å². The van der Waals surface area contributed by atoms with Crippen molar-refractivity contribution in [3.8, 4) is 22.5 Å². The zero-order chi connectivity index (χ0) is 16.5. The van der Waals surface area contributed by atoms with Crippen LogP contribution < -0.4 is 11.3 Å². The molecule has 0 fully saturated rings. The molecule has 0 saturated heterocycles. The number of nitrogens with one attached hydrogen (secondary N) is 1. The number of aromatic amines is 1. The zero-order valence-corrected chi connectivity index (χ0v) is 12.7. The van der Waals surface area contributed by atoms with Crippen molar-refractivity contribution < 1.29 is 0 Å². The van der Waals surface area contributed by atoms with Gasteiger partial charge in [0.2, 0.25) is 5.56 Å². The topological polar surface area (TPSA) is 84.7 Å². The molecule has 5 nitrogen and oxygen atoms in total. The number of H-pyrrole nitrogens is 1. The van der Waals surface area contributed by atoms with Crippen molar-refractivity contribution in [2.24, 2.45) is 0 Å². The molecule has 5 heteroatoms. The highest BCUT2D eigenvalue weighted by atomic mass is 16.1. The highest BCUT2D eigenvalue weighted by Crippen LogP contribution is 2.30.